The van der Waals surface area contributed by atoms with Crippen molar-refractivity contribution in [1.29, 1.82) is 0 Å². The Morgan fingerprint density at radius 1 is 1.50 bits per heavy atom. The van der Waals surface area contributed by atoms with Crippen molar-refractivity contribution in [2.45, 2.75) is 12.8 Å². The smallest absolute Gasteiger partial charge is 0.127 e. The number of nitrogens with one attached hydrogen (secondary N) is 1. The third-order valence-corrected chi connectivity index (χ3v) is 1.87. The molecule has 0 atom stereocenters. The van der Waals surface area contributed by atoms with Crippen molar-refractivity contribution in [3.8, 4) is 0 Å². The highest BCUT2D eigenvalue weighted by Crippen LogP contribution is 2.07. The van der Waals surface area contributed by atoms with Gasteiger partial charge in [0.15, 0.2) is 0 Å². The van der Waals surface area contributed by atoms with Crippen molar-refractivity contribution < 1.29 is 4.74 Å². The molecule has 0 aliphatic heterocycles. The van der Waals surface area contributed by atoms with Gasteiger partial charge in [-0.1, -0.05) is 0 Å². The number of nitrogen functional groups attached to an aromatic ring is 1. The molecule has 1 aromatic heterocycles. The van der Waals surface area contributed by atoms with E-state index in [0.717, 1.165) is 37.5 Å². The summed E-state index contributed by atoms with van der Waals surface area (Å²) >= 11 is 0. The Bertz CT molecular complexity index is 265. The predicted molar refractivity (Wildman–Crippen MR) is 58.2 cm³/mol. The summed E-state index contributed by atoms with van der Waals surface area (Å²) in [5, 5.41) is 3.20. The van der Waals surface area contributed by atoms with Crippen molar-refractivity contribution in [2.75, 3.05) is 31.3 Å². The summed E-state index contributed by atoms with van der Waals surface area (Å²) in [4.78, 5) is 4.14. The summed E-state index contributed by atoms with van der Waals surface area (Å²) < 4.78 is 4.95. The van der Waals surface area contributed by atoms with Crippen LogP contribution in [0.15, 0.2) is 18.3 Å². The van der Waals surface area contributed by atoms with Gasteiger partial charge in [0.1, 0.15) is 5.82 Å². The maximum atomic E-state index is 5.61. The Balaban J connectivity index is 2.18. The molecule has 0 aliphatic carbocycles. The van der Waals surface area contributed by atoms with E-state index in [0.29, 0.717) is 0 Å². The van der Waals surface area contributed by atoms with E-state index in [1.807, 2.05) is 6.07 Å². The molecule has 1 heterocycles. The zero-order valence-corrected chi connectivity index (χ0v) is 8.49. The molecule has 3 N–H and O–H groups in total. The first kappa shape index (κ1) is 10.8. The summed E-state index contributed by atoms with van der Waals surface area (Å²) in [5.41, 5.74) is 6.35. The average molecular weight is 195 g/mol. The molecule has 0 aliphatic rings. The fourth-order valence-electron chi connectivity index (χ4n) is 1.13. The van der Waals surface area contributed by atoms with E-state index in [1.54, 1.807) is 19.4 Å². The van der Waals surface area contributed by atoms with Crippen LogP contribution in [0.5, 0.6) is 0 Å². The predicted octanol–water partition coefficient (Wildman–Crippen LogP) is 1.50. The highest BCUT2D eigenvalue weighted by molar-refractivity contribution is 5.48. The second kappa shape index (κ2) is 6.21. The molecule has 1 rings (SSSR count). The summed E-state index contributed by atoms with van der Waals surface area (Å²) in [5.74, 6) is 0.836. The lowest BCUT2D eigenvalue weighted by molar-refractivity contribution is 0.194. The lowest BCUT2D eigenvalue weighted by atomic mass is 10.3. The molecule has 0 bridgehead atoms. The van der Waals surface area contributed by atoms with E-state index in [4.69, 9.17) is 10.5 Å². The molecule has 0 saturated carbocycles. The second-order valence-electron chi connectivity index (χ2n) is 3.10. The minimum atomic E-state index is 0.736. The number of nitrogens with zero attached hydrogens (tertiary/aromatic N) is 1. The lowest BCUT2D eigenvalue weighted by Gasteiger charge is -2.05. The molecule has 1 aromatic rings. The molecular weight excluding hydrogens is 178 g/mol. The molecule has 0 radical (unpaired) electrons. The first-order valence-electron chi connectivity index (χ1n) is 4.77. The van der Waals surface area contributed by atoms with Crippen LogP contribution in [0.2, 0.25) is 0 Å². The van der Waals surface area contributed by atoms with Crippen molar-refractivity contribution in [2.24, 2.45) is 0 Å². The Morgan fingerprint density at radius 3 is 3.07 bits per heavy atom. The number of nitrogens with two attached hydrogens (primary N) is 1. The van der Waals surface area contributed by atoms with E-state index >= 15 is 0 Å². The summed E-state index contributed by atoms with van der Waals surface area (Å²) in [7, 11) is 1.72. The molecule has 0 amide bonds. The Labute approximate surface area is 84.5 Å². The van der Waals surface area contributed by atoms with Crippen LogP contribution in [-0.2, 0) is 4.74 Å². The zero-order valence-electron chi connectivity index (χ0n) is 8.49. The molecular formula is C10H17N3O. The van der Waals surface area contributed by atoms with E-state index in [-0.39, 0.29) is 0 Å². The largest absolute Gasteiger partial charge is 0.399 e. The van der Waals surface area contributed by atoms with Crippen molar-refractivity contribution in [1.82, 2.24) is 4.98 Å². The minimum Gasteiger partial charge on any atom is -0.399 e. The van der Waals surface area contributed by atoms with E-state index < -0.39 is 0 Å². The number of hydrogen-bond acceptors (Lipinski definition) is 4. The van der Waals surface area contributed by atoms with Gasteiger partial charge in [0.25, 0.3) is 0 Å². The number of unbranched alkanes of at least 4 members (excludes halogenated alkanes) is 1. The lowest BCUT2D eigenvalue weighted by Crippen LogP contribution is -2.04. The number of pyridine rings is 1. The number of anilines is 2. The van der Waals surface area contributed by atoms with Crippen LogP contribution >= 0.6 is 0 Å². The molecule has 4 heteroatoms. The van der Waals surface area contributed by atoms with Crippen LogP contribution < -0.4 is 11.1 Å². The zero-order chi connectivity index (χ0) is 10.2. The van der Waals surface area contributed by atoms with Gasteiger partial charge in [-0.25, -0.2) is 4.98 Å². The third kappa shape index (κ3) is 4.09. The van der Waals surface area contributed by atoms with E-state index in [2.05, 4.69) is 10.3 Å². The maximum absolute atomic E-state index is 5.61. The van der Waals surface area contributed by atoms with Crippen molar-refractivity contribution in [3.63, 3.8) is 0 Å². The first-order chi connectivity index (χ1) is 6.83. The molecule has 0 unspecified atom stereocenters. The minimum absolute atomic E-state index is 0.736. The van der Waals surface area contributed by atoms with Gasteiger partial charge < -0.3 is 15.8 Å². The third-order valence-electron chi connectivity index (χ3n) is 1.87. The fourth-order valence-corrected chi connectivity index (χ4v) is 1.13. The van der Waals surface area contributed by atoms with Gasteiger partial charge in [-0.15, -0.1) is 0 Å². The Hall–Kier alpha value is -1.29. The number of hydrogen-bond donors (Lipinski definition) is 2. The highest BCUT2D eigenvalue weighted by atomic mass is 16.5. The summed E-state index contributed by atoms with van der Waals surface area (Å²) in [6.07, 6.45) is 3.84. The topological polar surface area (TPSA) is 60.2 Å². The fraction of sp³-hybridized carbons (Fsp3) is 0.500. The maximum Gasteiger partial charge on any atom is 0.127 e. The monoisotopic (exact) mass is 195 g/mol. The first-order valence-corrected chi connectivity index (χ1v) is 4.77. The molecule has 0 spiro atoms. The van der Waals surface area contributed by atoms with Gasteiger partial charge in [0, 0.05) is 38.2 Å². The molecule has 0 fully saturated rings. The van der Waals surface area contributed by atoms with Gasteiger partial charge in [-0.05, 0) is 18.9 Å². The normalized spacial score (nSPS) is 10.1. The Morgan fingerprint density at radius 2 is 2.36 bits per heavy atom. The standard InChI is InChI=1S/C10H17N3O/c1-14-7-3-2-5-12-10-8-9(11)4-6-13-10/h4,6,8H,2-3,5,7H2,1H3,(H3,11,12,13). The van der Waals surface area contributed by atoms with Gasteiger partial charge in [0.2, 0.25) is 0 Å². The average Bonchev–Trinajstić information content (AvgIpc) is 2.18. The van der Waals surface area contributed by atoms with Gasteiger partial charge in [-0.3, -0.25) is 0 Å². The van der Waals surface area contributed by atoms with E-state index in [9.17, 15) is 0 Å². The molecule has 0 aromatic carbocycles. The van der Waals surface area contributed by atoms with Crippen LogP contribution in [0.3, 0.4) is 0 Å². The van der Waals surface area contributed by atoms with Gasteiger partial charge >= 0.3 is 0 Å². The number of ether oxygens (including phenoxy) is 1. The van der Waals surface area contributed by atoms with Crippen molar-refractivity contribution >= 4 is 11.5 Å². The Kier molecular flexibility index (Phi) is 4.78. The van der Waals surface area contributed by atoms with Crippen LogP contribution in [0.4, 0.5) is 11.5 Å². The molecule has 0 saturated heterocycles. The second-order valence-corrected chi connectivity index (χ2v) is 3.10. The van der Waals surface area contributed by atoms with E-state index in [1.165, 1.54) is 0 Å². The van der Waals surface area contributed by atoms with Crippen LogP contribution in [0, 0.1) is 0 Å². The number of rotatable bonds is 6. The van der Waals surface area contributed by atoms with Crippen molar-refractivity contribution in [3.05, 3.63) is 18.3 Å². The van der Waals surface area contributed by atoms with Gasteiger partial charge in [0.05, 0.1) is 0 Å². The van der Waals surface area contributed by atoms with Gasteiger partial charge in [-0.2, -0.15) is 0 Å². The quantitative estimate of drug-likeness (QED) is 0.675. The summed E-state index contributed by atoms with van der Waals surface area (Å²) in [6.45, 7) is 1.71. The van der Waals surface area contributed by atoms with Crippen LogP contribution in [0.25, 0.3) is 0 Å². The van der Waals surface area contributed by atoms with Crippen LogP contribution in [-0.4, -0.2) is 25.2 Å². The highest BCUT2D eigenvalue weighted by Gasteiger charge is 1.93. The summed E-state index contributed by atoms with van der Waals surface area (Å²) in [6, 6.07) is 3.60. The molecule has 78 valence electrons. The van der Waals surface area contributed by atoms with Crippen LogP contribution in [0.1, 0.15) is 12.8 Å². The number of methoxy groups -OCH3 is 1. The molecule has 4 nitrogen and oxygen atoms in total. The number of aromatic nitrogens is 1. The molecule has 14 heavy (non-hydrogen) atoms. The SMILES string of the molecule is COCCCCNc1cc(N)ccn1.